The minimum absolute atomic E-state index is 0.198. The van der Waals surface area contributed by atoms with E-state index in [0.29, 0.717) is 28.3 Å². The van der Waals surface area contributed by atoms with E-state index in [-0.39, 0.29) is 11.5 Å². The van der Waals surface area contributed by atoms with Crippen molar-refractivity contribution < 1.29 is 10.2 Å². The van der Waals surface area contributed by atoms with Crippen LogP contribution in [0.5, 0.6) is 11.5 Å². The zero-order chi connectivity index (χ0) is 16.9. The zero-order valence-electron chi connectivity index (χ0n) is 11.2. The molecule has 0 aromatic heterocycles. The standard InChI is InChI=1S/C8H6BrNO.C7H3I2NO/c1-5-2-6(4-10)3-7(9)8(5)11;8-5-1-4(3-10)2-6(9)7(5)11/h2-3,11H,1H3;1-2,11H. The van der Waals surface area contributed by atoms with Gasteiger partial charge in [-0.3, -0.25) is 0 Å². The number of phenolic OH excluding ortho intramolecular Hbond substituents is 2. The third kappa shape index (κ3) is 5.00. The van der Waals surface area contributed by atoms with Gasteiger partial charge >= 0.3 is 0 Å². The maximum absolute atomic E-state index is 9.30. The average molecular weight is 583 g/mol. The molecule has 0 heterocycles. The van der Waals surface area contributed by atoms with Gasteiger partial charge in [0.25, 0.3) is 0 Å². The summed E-state index contributed by atoms with van der Waals surface area (Å²) in [6.07, 6.45) is 0. The highest BCUT2D eigenvalue weighted by Crippen LogP contribution is 2.28. The van der Waals surface area contributed by atoms with E-state index in [9.17, 15) is 10.2 Å². The lowest BCUT2D eigenvalue weighted by atomic mass is 10.1. The topological polar surface area (TPSA) is 88.0 Å². The van der Waals surface area contributed by atoms with Gasteiger partial charge in [0, 0.05) is 0 Å². The summed E-state index contributed by atoms with van der Waals surface area (Å²) in [6.45, 7) is 1.75. The molecular weight excluding hydrogens is 574 g/mol. The summed E-state index contributed by atoms with van der Waals surface area (Å²) in [7, 11) is 0. The molecule has 0 amide bonds. The molecule has 0 unspecified atom stereocenters. The van der Waals surface area contributed by atoms with Gasteiger partial charge in [0.2, 0.25) is 0 Å². The van der Waals surface area contributed by atoms with Crippen molar-refractivity contribution in [3.63, 3.8) is 0 Å². The number of aryl methyl sites for hydroxylation is 1. The van der Waals surface area contributed by atoms with Crippen LogP contribution in [0, 0.1) is 36.7 Å². The molecule has 2 N–H and O–H groups in total. The molecule has 2 aromatic rings. The fourth-order valence-electron chi connectivity index (χ4n) is 1.43. The van der Waals surface area contributed by atoms with Crippen molar-refractivity contribution in [1.82, 2.24) is 0 Å². The Morgan fingerprint density at radius 3 is 1.77 bits per heavy atom. The van der Waals surface area contributed by atoms with Gasteiger partial charge in [-0.2, -0.15) is 10.5 Å². The Hall–Kier alpha value is -1.04. The fourth-order valence-corrected chi connectivity index (χ4v) is 3.76. The van der Waals surface area contributed by atoms with Crippen LogP contribution in [0.25, 0.3) is 0 Å². The van der Waals surface area contributed by atoms with E-state index in [4.69, 9.17) is 10.5 Å². The van der Waals surface area contributed by atoms with Crippen LogP contribution in [0.4, 0.5) is 0 Å². The van der Waals surface area contributed by atoms with Crippen LogP contribution in [0.1, 0.15) is 16.7 Å². The number of phenols is 2. The third-order valence-corrected chi connectivity index (χ3v) is 4.78. The summed E-state index contributed by atoms with van der Waals surface area (Å²) in [5.41, 5.74) is 1.83. The summed E-state index contributed by atoms with van der Waals surface area (Å²) in [4.78, 5) is 0. The van der Waals surface area contributed by atoms with Crippen LogP contribution in [-0.4, -0.2) is 10.2 Å². The van der Waals surface area contributed by atoms with Crippen LogP contribution < -0.4 is 0 Å². The number of hydrogen-bond acceptors (Lipinski definition) is 4. The first kappa shape index (κ1) is 19.0. The number of halogens is 3. The molecule has 7 heteroatoms. The van der Waals surface area contributed by atoms with E-state index in [1.54, 1.807) is 31.2 Å². The van der Waals surface area contributed by atoms with Gasteiger partial charge in [0.05, 0.1) is 34.9 Å². The molecule has 0 spiro atoms. The van der Waals surface area contributed by atoms with Gasteiger partial charge in [-0.05, 0) is 97.9 Å². The predicted octanol–water partition coefficient (Wildman–Crippen LogP) is 4.81. The third-order valence-electron chi connectivity index (χ3n) is 2.53. The summed E-state index contributed by atoms with van der Waals surface area (Å²) in [6, 6.07) is 10.5. The first-order chi connectivity index (χ1) is 10.3. The molecule has 0 aliphatic carbocycles. The lowest BCUT2D eigenvalue weighted by Crippen LogP contribution is -1.82. The molecule has 2 aromatic carbocycles. The highest BCUT2D eigenvalue weighted by molar-refractivity contribution is 14.1. The molecule has 4 nitrogen and oxygen atoms in total. The lowest BCUT2D eigenvalue weighted by Gasteiger charge is -2.00. The smallest absolute Gasteiger partial charge is 0.142 e. The second-order valence-electron chi connectivity index (χ2n) is 4.14. The first-order valence-corrected chi connectivity index (χ1v) is 8.72. The van der Waals surface area contributed by atoms with Crippen LogP contribution in [0.2, 0.25) is 0 Å². The van der Waals surface area contributed by atoms with Crippen molar-refractivity contribution in [1.29, 1.82) is 10.5 Å². The molecule has 0 saturated heterocycles. The van der Waals surface area contributed by atoms with Crippen molar-refractivity contribution in [2.75, 3.05) is 0 Å². The molecule has 2 rings (SSSR count). The maximum atomic E-state index is 9.30. The van der Waals surface area contributed by atoms with Gasteiger partial charge < -0.3 is 10.2 Å². The van der Waals surface area contributed by atoms with E-state index in [1.807, 2.05) is 57.3 Å². The minimum atomic E-state index is 0.198. The van der Waals surface area contributed by atoms with E-state index in [1.165, 1.54) is 0 Å². The van der Waals surface area contributed by atoms with Crippen molar-refractivity contribution in [3.8, 4) is 23.6 Å². The number of nitriles is 2. The predicted molar refractivity (Wildman–Crippen MR) is 104 cm³/mol. The van der Waals surface area contributed by atoms with Crippen LogP contribution in [0.3, 0.4) is 0 Å². The number of aromatic hydroxyl groups is 2. The summed E-state index contributed by atoms with van der Waals surface area (Å²) >= 11 is 7.12. The lowest BCUT2D eigenvalue weighted by molar-refractivity contribution is 0.467. The second kappa shape index (κ2) is 8.56. The Morgan fingerprint density at radius 2 is 1.36 bits per heavy atom. The van der Waals surface area contributed by atoms with Gasteiger partial charge in [0.15, 0.2) is 0 Å². The Balaban J connectivity index is 0.000000220. The molecule has 0 saturated carbocycles. The molecular formula is C15H9BrI2N2O2. The number of benzene rings is 2. The van der Waals surface area contributed by atoms with Crippen LogP contribution in [-0.2, 0) is 0 Å². The van der Waals surface area contributed by atoms with Crippen molar-refractivity contribution in [3.05, 3.63) is 52.6 Å². The molecule has 22 heavy (non-hydrogen) atoms. The van der Waals surface area contributed by atoms with Crippen LogP contribution >= 0.6 is 61.1 Å². The zero-order valence-corrected chi connectivity index (χ0v) is 17.1. The monoisotopic (exact) mass is 582 g/mol. The van der Waals surface area contributed by atoms with Gasteiger partial charge in [0.1, 0.15) is 11.5 Å². The van der Waals surface area contributed by atoms with E-state index in [0.717, 1.165) is 0 Å². The Kier molecular flexibility index (Phi) is 7.39. The Morgan fingerprint density at radius 1 is 0.909 bits per heavy atom. The van der Waals surface area contributed by atoms with E-state index >= 15 is 0 Å². The van der Waals surface area contributed by atoms with Gasteiger partial charge in [-0.1, -0.05) is 0 Å². The van der Waals surface area contributed by atoms with Crippen molar-refractivity contribution >= 4 is 61.1 Å². The molecule has 0 fully saturated rings. The Labute approximate surface area is 163 Å². The molecule has 112 valence electrons. The molecule has 0 aliphatic heterocycles. The number of hydrogen-bond donors (Lipinski definition) is 2. The molecule has 0 aliphatic rings. The normalized spacial score (nSPS) is 9.18. The largest absolute Gasteiger partial charge is 0.506 e. The minimum Gasteiger partial charge on any atom is -0.506 e. The number of rotatable bonds is 0. The summed E-state index contributed by atoms with van der Waals surface area (Å²) in [5.74, 6) is 0.453. The van der Waals surface area contributed by atoms with Crippen molar-refractivity contribution in [2.24, 2.45) is 0 Å². The fraction of sp³-hybridized carbons (Fsp3) is 0.0667. The summed E-state index contributed by atoms with van der Waals surface area (Å²) in [5, 5.41) is 35.6. The highest BCUT2D eigenvalue weighted by atomic mass is 127. The quantitative estimate of drug-likeness (QED) is 0.437. The first-order valence-electron chi connectivity index (χ1n) is 5.77. The van der Waals surface area contributed by atoms with Gasteiger partial charge in [-0.25, -0.2) is 0 Å². The average Bonchev–Trinajstić information content (AvgIpc) is 2.49. The van der Waals surface area contributed by atoms with Crippen molar-refractivity contribution in [2.45, 2.75) is 6.92 Å². The Bertz CT molecular complexity index is 682. The molecule has 0 radical (unpaired) electrons. The van der Waals surface area contributed by atoms with E-state index < -0.39 is 0 Å². The number of nitrogens with zero attached hydrogens (tertiary/aromatic N) is 2. The maximum Gasteiger partial charge on any atom is 0.142 e. The SMILES string of the molecule is Cc1cc(C#N)cc(Br)c1O.N#Cc1cc(I)c(O)c(I)c1. The highest BCUT2D eigenvalue weighted by Gasteiger charge is 2.04. The molecule has 0 atom stereocenters. The van der Waals surface area contributed by atoms with E-state index in [2.05, 4.69) is 15.9 Å². The van der Waals surface area contributed by atoms with Gasteiger partial charge in [-0.15, -0.1) is 0 Å². The van der Waals surface area contributed by atoms with Crippen LogP contribution in [0.15, 0.2) is 28.7 Å². The summed E-state index contributed by atoms with van der Waals surface area (Å²) < 4.78 is 1.99. The molecule has 0 bridgehead atoms. The second-order valence-corrected chi connectivity index (χ2v) is 7.31.